The summed E-state index contributed by atoms with van der Waals surface area (Å²) in [5.41, 5.74) is 7.25. The Morgan fingerprint density at radius 3 is 2.55 bits per heavy atom. The topological polar surface area (TPSA) is 42.7 Å². The molecule has 4 rings (SSSR count). The molecule has 1 saturated heterocycles. The van der Waals surface area contributed by atoms with Crippen molar-refractivity contribution in [2.24, 2.45) is 0 Å². The van der Waals surface area contributed by atoms with Gasteiger partial charge in [-0.2, -0.15) is 0 Å². The van der Waals surface area contributed by atoms with E-state index in [1.807, 2.05) is 17.9 Å². The van der Waals surface area contributed by atoms with Crippen molar-refractivity contribution >= 4 is 22.4 Å². The Morgan fingerprint density at radius 2 is 1.86 bits per heavy atom. The van der Waals surface area contributed by atoms with E-state index in [-0.39, 0.29) is 5.91 Å². The highest BCUT2D eigenvalue weighted by Gasteiger charge is 2.19. The second kappa shape index (κ2) is 7.78. The third-order valence-corrected chi connectivity index (χ3v) is 5.75. The second-order valence-corrected chi connectivity index (χ2v) is 7.88. The largest absolute Gasteiger partial charge is 0.496 e. The maximum absolute atomic E-state index is 12.6. The van der Waals surface area contributed by atoms with Crippen LogP contribution >= 0.6 is 0 Å². The third kappa shape index (κ3) is 3.67. The monoisotopic (exact) mass is 389 g/mol. The van der Waals surface area contributed by atoms with Crippen molar-refractivity contribution in [2.75, 3.05) is 20.2 Å². The lowest BCUT2D eigenvalue weighted by Gasteiger charge is -2.14. The van der Waals surface area contributed by atoms with Gasteiger partial charge in [-0.05, 0) is 56.4 Å². The zero-order valence-corrected chi connectivity index (χ0v) is 17.5. The van der Waals surface area contributed by atoms with Crippen molar-refractivity contribution in [3.8, 4) is 16.9 Å². The molecular weight excluding hydrogens is 362 g/mol. The predicted molar refractivity (Wildman–Crippen MR) is 117 cm³/mol. The fourth-order valence-electron chi connectivity index (χ4n) is 4.15. The number of carbonyl (C=O) groups excluding carboxylic acids is 1. The molecule has 3 aromatic rings. The summed E-state index contributed by atoms with van der Waals surface area (Å²) in [6, 6.07) is 10.4. The molecule has 0 saturated carbocycles. The minimum atomic E-state index is 0.0731. The van der Waals surface area contributed by atoms with E-state index in [9.17, 15) is 4.79 Å². The number of rotatable bonds is 4. The number of furan rings is 1. The van der Waals surface area contributed by atoms with Gasteiger partial charge < -0.3 is 14.1 Å². The van der Waals surface area contributed by atoms with Crippen LogP contribution in [0.3, 0.4) is 0 Å². The molecule has 4 heteroatoms. The smallest absolute Gasteiger partial charge is 0.246 e. The van der Waals surface area contributed by atoms with Gasteiger partial charge in [-0.1, -0.05) is 23.8 Å². The number of benzene rings is 2. The summed E-state index contributed by atoms with van der Waals surface area (Å²) in [5.74, 6) is 0.783. The lowest BCUT2D eigenvalue weighted by atomic mass is 9.96. The summed E-state index contributed by atoms with van der Waals surface area (Å²) in [4.78, 5) is 14.5. The van der Waals surface area contributed by atoms with Crippen LogP contribution < -0.4 is 4.74 Å². The van der Waals surface area contributed by atoms with Crippen molar-refractivity contribution < 1.29 is 13.9 Å². The SMILES string of the molecule is COc1cc2occ(-c3ccc(C)cc3C)c2cc1/C(C)=C/C(=O)N1CCCC1. The van der Waals surface area contributed by atoms with Gasteiger partial charge in [0.2, 0.25) is 5.91 Å². The number of fused-ring (bicyclic) bond motifs is 1. The number of hydrogen-bond donors (Lipinski definition) is 0. The maximum atomic E-state index is 12.6. The number of carbonyl (C=O) groups is 1. The Morgan fingerprint density at radius 1 is 1.10 bits per heavy atom. The molecule has 1 aromatic heterocycles. The van der Waals surface area contributed by atoms with Crippen molar-refractivity contribution in [3.63, 3.8) is 0 Å². The lowest BCUT2D eigenvalue weighted by Crippen LogP contribution is -2.25. The summed E-state index contributed by atoms with van der Waals surface area (Å²) >= 11 is 0. The zero-order valence-electron chi connectivity index (χ0n) is 17.5. The van der Waals surface area contributed by atoms with Crippen LogP contribution in [-0.4, -0.2) is 31.0 Å². The molecule has 2 aromatic carbocycles. The van der Waals surface area contributed by atoms with Crippen LogP contribution in [0.2, 0.25) is 0 Å². The molecule has 0 bridgehead atoms. The van der Waals surface area contributed by atoms with Gasteiger partial charge in [0.1, 0.15) is 11.3 Å². The molecule has 1 aliphatic heterocycles. The van der Waals surface area contributed by atoms with Crippen LogP contribution in [0.5, 0.6) is 5.75 Å². The number of hydrogen-bond acceptors (Lipinski definition) is 3. The van der Waals surface area contributed by atoms with Gasteiger partial charge in [-0.15, -0.1) is 0 Å². The molecule has 0 unspecified atom stereocenters. The number of aryl methyl sites for hydroxylation is 2. The molecule has 1 aliphatic rings. The van der Waals surface area contributed by atoms with E-state index < -0.39 is 0 Å². The van der Waals surface area contributed by atoms with Gasteiger partial charge >= 0.3 is 0 Å². The fraction of sp³-hybridized carbons (Fsp3) is 0.320. The highest BCUT2D eigenvalue weighted by Crippen LogP contribution is 2.38. The first kappa shape index (κ1) is 19.3. The number of methoxy groups -OCH3 is 1. The molecule has 4 nitrogen and oxygen atoms in total. The third-order valence-electron chi connectivity index (χ3n) is 5.75. The standard InChI is InChI=1S/C25H27NO3/c1-16-7-8-19(17(2)11-16)22-15-29-24-14-23(28-4)20(13-21(22)24)18(3)12-25(27)26-9-5-6-10-26/h7-8,11-15H,5-6,9-10H2,1-4H3/b18-12+. The number of ether oxygens (including phenoxy) is 1. The summed E-state index contributed by atoms with van der Waals surface area (Å²) in [5, 5.41) is 1.02. The first-order chi connectivity index (χ1) is 14.0. The summed E-state index contributed by atoms with van der Waals surface area (Å²) < 4.78 is 11.5. The molecular formula is C25H27NO3. The van der Waals surface area contributed by atoms with E-state index in [0.717, 1.165) is 59.2 Å². The zero-order chi connectivity index (χ0) is 20.5. The minimum Gasteiger partial charge on any atom is -0.496 e. The molecule has 0 spiro atoms. The fourth-order valence-corrected chi connectivity index (χ4v) is 4.15. The summed E-state index contributed by atoms with van der Waals surface area (Å²) in [7, 11) is 1.65. The number of allylic oxidation sites excluding steroid dienone is 1. The number of amides is 1. The predicted octanol–water partition coefficient (Wildman–Crippen LogP) is 5.75. The van der Waals surface area contributed by atoms with E-state index >= 15 is 0 Å². The Balaban J connectivity index is 1.80. The first-order valence-electron chi connectivity index (χ1n) is 10.1. The van der Waals surface area contributed by atoms with Gasteiger partial charge in [0, 0.05) is 41.7 Å². The Labute approximate surface area is 171 Å². The quantitative estimate of drug-likeness (QED) is 0.534. The normalized spacial score (nSPS) is 14.6. The number of likely N-dealkylation sites (tertiary alicyclic amines) is 1. The molecule has 0 atom stereocenters. The highest BCUT2D eigenvalue weighted by molar-refractivity contribution is 6.00. The molecule has 0 radical (unpaired) electrons. The Bertz CT molecular complexity index is 1100. The maximum Gasteiger partial charge on any atom is 0.246 e. The second-order valence-electron chi connectivity index (χ2n) is 7.88. The highest BCUT2D eigenvalue weighted by atomic mass is 16.5. The van der Waals surface area contributed by atoms with E-state index in [2.05, 4.69) is 38.1 Å². The van der Waals surface area contributed by atoms with Crippen LogP contribution in [0.4, 0.5) is 0 Å². The molecule has 150 valence electrons. The summed E-state index contributed by atoms with van der Waals surface area (Å²) in [6.45, 7) is 7.87. The van der Waals surface area contributed by atoms with Crippen molar-refractivity contribution in [1.82, 2.24) is 4.90 Å². The molecule has 0 N–H and O–H groups in total. The van der Waals surface area contributed by atoms with E-state index in [4.69, 9.17) is 9.15 Å². The van der Waals surface area contributed by atoms with Crippen LogP contribution in [-0.2, 0) is 4.79 Å². The van der Waals surface area contributed by atoms with E-state index in [1.165, 1.54) is 11.1 Å². The van der Waals surface area contributed by atoms with Crippen LogP contribution in [0, 0.1) is 13.8 Å². The average Bonchev–Trinajstić information content (AvgIpc) is 3.37. The average molecular weight is 389 g/mol. The van der Waals surface area contributed by atoms with Crippen molar-refractivity contribution in [3.05, 3.63) is 59.4 Å². The molecule has 0 aliphatic carbocycles. The Hall–Kier alpha value is -3.01. The lowest BCUT2D eigenvalue weighted by molar-refractivity contribution is -0.124. The molecule has 2 heterocycles. The van der Waals surface area contributed by atoms with Crippen LogP contribution in [0.15, 0.2) is 47.1 Å². The van der Waals surface area contributed by atoms with Gasteiger partial charge in [-0.25, -0.2) is 0 Å². The molecule has 1 amide bonds. The van der Waals surface area contributed by atoms with Crippen molar-refractivity contribution in [1.29, 1.82) is 0 Å². The molecule has 29 heavy (non-hydrogen) atoms. The van der Waals surface area contributed by atoms with E-state index in [1.54, 1.807) is 19.4 Å². The van der Waals surface area contributed by atoms with Crippen molar-refractivity contribution in [2.45, 2.75) is 33.6 Å². The number of nitrogens with zero attached hydrogens (tertiary/aromatic N) is 1. The minimum absolute atomic E-state index is 0.0731. The van der Waals surface area contributed by atoms with E-state index in [0.29, 0.717) is 5.75 Å². The molecule has 1 fully saturated rings. The van der Waals surface area contributed by atoms with Gasteiger partial charge in [0.25, 0.3) is 0 Å². The van der Waals surface area contributed by atoms with Crippen LogP contribution in [0.1, 0.15) is 36.5 Å². The van der Waals surface area contributed by atoms with Gasteiger partial charge in [0.15, 0.2) is 0 Å². The van der Waals surface area contributed by atoms with Crippen LogP contribution in [0.25, 0.3) is 27.7 Å². The Kier molecular flexibility index (Phi) is 5.18. The van der Waals surface area contributed by atoms with Gasteiger partial charge in [-0.3, -0.25) is 4.79 Å². The first-order valence-corrected chi connectivity index (χ1v) is 10.1. The van der Waals surface area contributed by atoms with Gasteiger partial charge in [0.05, 0.1) is 13.4 Å². The summed E-state index contributed by atoms with van der Waals surface area (Å²) in [6.07, 6.45) is 5.70.